The highest BCUT2D eigenvalue weighted by Crippen LogP contribution is 2.48. The van der Waals surface area contributed by atoms with E-state index in [0.29, 0.717) is 5.56 Å². The molecule has 0 unspecified atom stereocenters. The number of rotatable bonds is 5. The number of hydrazone groups is 1. The molecular formula is C23H18N4O6. The van der Waals surface area contributed by atoms with E-state index in [9.17, 15) is 24.5 Å². The lowest BCUT2D eigenvalue weighted by atomic mass is 9.86. The van der Waals surface area contributed by atoms with Crippen LogP contribution in [0.5, 0.6) is 5.75 Å². The Morgan fingerprint density at radius 1 is 1.09 bits per heavy atom. The number of ketones is 1. The van der Waals surface area contributed by atoms with Crippen LogP contribution in [0.15, 0.2) is 65.8 Å². The first kappa shape index (κ1) is 20.6. The molecule has 10 nitrogen and oxygen atoms in total. The Kier molecular flexibility index (Phi) is 4.77. The van der Waals surface area contributed by atoms with E-state index in [1.807, 2.05) is 0 Å². The van der Waals surface area contributed by atoms with E-state index >= 15 is 0 Å². The Labute approximate surface area is 187 Å². The first-order valence-corrected chi connectivity index (χ1v) is 10.2. The molecular weight excluding hydrogens is 428 g/mol. The molecule has 10 heteroatoms. The van der Waals surface area contributed by atoms with Gasteiger partial charge in [-0.05, 0) is 12.1 Å². The molecule has 0 N–H and O–H groups in total. The van der Waals surface area contributed by atoms with Crippen LogP contribution in [0.3, 0.4) is 0 Å². The first-order chi connectivity index (χ1) is 15.9. The van der Waals surface area contributed by atoms with Gasteiger partial charge in [0, 0.05) is 23.9 Å². The largest absolute Gasteiger partial charge is 0.495 e. The predicted molar refractivity (Wildman–Crippen MR) is 117 cm³/mol. The summed E-state index contributed by atoms with van der Waals surface area (Å²) in [6.45, 7) is 0. The minimum absolute atomic E-state index is 0.0168. The zero-order valence-corrected chi connectivity index (χ0v) is 17.4. The van der Waals surface area contributed by atoms with Crippen molar-refractivity contribution >= 4 is 35.2 Å². The number of amides is 2. The number of carbonyl (C=O) groups is 3. The smallest absolute Gasteiger partial charge is 0.271 e. The lowest BCUT2D eigenvalue weighted by Crippen LogP contribution is -2.46. The molecule has 0 aromatic heterocycles. The Balaban J connectivity index is 1.61. The van der Waals surface area contributed by atoms with Crippen molar-refractivity contribution in [3.8, 4) is 5.75 Å². The molecule has 3 heterocycles. The molecule has 0 saturated carbocycles. The van der Waals surface area contributed by atoms with Gasteiger partial charge in [-0.25, -0.2) is 4.90 Å². The zero-order valence-electron chi connectivity index (χ0n) is 17.4. The van der Waals surface area contributed by atoms with Crippen molar-refractivity contribution in [2.24, 2.45) is 16.9 Å². The number of non-ortho nitro benzene ring substituents is 1. The molecule has 0 spiro atoms. The average Bonchev–Trinajstić information content (AvgIpc) is 3.31. The van der Waals surface area contributed by atoms with E-state index < -0.39 is 40.7 Å². The molecule has 4 atom stereocenters. The maximum atomic E-state index is 13.7. The van der Waals surface area contributed by atoms with Crippen LogP contribution in [-0.2, 0) is 9.59 Å². The summed E-state index contributed by atoms with van der Waals surface area (Å²) in [6, 6.07) is 10.6. The van der Waals surface area contributed by atoms with Gasteiger partial charge >= 0.3 is 0 Å². The number of hydrogen-bond acceptors (Lipinski definition) is 8. The molecule has 2 fully saturated rings. The third-order valence-corrected chi connectivity index (χ3v) is 6.23. The van der Waals surface area contributed by atoms with Gasteiger partial charge in [-0.15, -0.1) is 0 Å². The molecule has 2 saturated heterocycles. The number of nitro groups is 1. The number of imide groups is 1. The lowest BCUT2D eigenvalue weighted by Gasteiger charge is -2.30. The molecule has 0 aliphatic carbocycles. The second-order valence-electron chi connectivity index (χ2n) is 7.87. The molecule has 2 amide bonds. The number of Topliss-reactive ketones (excluding diaryl/α,β-unsaturated/α-hetero) is 1. The third-order valence-electron chi connectivity index (χ3n) is 6.23. The molecule has 0 bridgehead atoms. The maximum Gasteiger partial charge on any atom is 0.271 e. The summed E-state index contributed by atoms with van der Waals surface area (Å²) in [7, 11) is 1.35. The van der Waals surface area contributed by atoms with E-state index in [4.69, 9.17) is 4.74 Å². The summed E-state index contributed by atoms with van der Waals surface area (Å²) in [4.78, 5) is 52.3. The number of allylic oxidation sites excluding steroid dienone is 1. The second-order valence-corrected chi connectivity index (χ2v) is 7.87. The average molecular weight is 446 g/mol. The van der Waals surface area contributed by atoms with Crippen LogP contribution in [0.2, 0.25) is 0 Å². The van der Waals surface area contributed by atoms with Crippen LogP contribution < -0.4 is 9.64 Å². The van der Waals surface area contributed by atoms with Gasteiger partial charge in [-0.1, -0.05) is 36.4 Å². The predicted octanol–water partition coefficient (Wildman–Crippen LogP) is 2.20. The number of hydrogen-bond donors (Lipinski definition) is 0. The van der Waals surface area contributed by atoms with Crippen LogP contribution >= 0.6 is 0 Å². The van der Waals surface area contributed by atoms with Gasteiger partial charge in [0.1, 0.15) is 17.5 Å². The van der Waals surface area contributed by atoms with Crippen molar-refractivity contribution in [2.75, 3.05) is 12.0 Å². The van der Waals surface area contributed by atoms with E-state index in [2.05, 4.69) is 5.10 Å². The van der Waals surface area contributed by atoms with Gasteiger partial charge in [-0.2, -0.15) is 5.10 Å². The summed E-state index contributed by atoms with van der Waals surface area (Å²) < 4.78 is 5.28. The number of carbonyl (C=O) groups excluding carboxylic acids is 3. The topological polar surface area (TPSA) is 122 Å². The summed E-state index contributed by atoms with van der Waals surface area (Å²) in [6.07, 6.45) is 4.92. The molecule has 5 rings (SSSR count). The Morgan fingerprint density at radius 2 is 1.82 bits per heavy atom. The standard InChI is InChI=1S/C23H18N4O6/c1-33-17-10-9-14(27(31)32)12-16(17)25-22(29)18-15-8-5-11-24-26(15)20(19(18)23(25)30)21(28)13-6-3-2-4-7-13/h2-12,15,18-20H,1H3/t15-,18+,19+,20-/m1/s1. The van der Waals surface area contributed by atoms with Gasteiger partial charge in [0.15, 0.2) is 5.78 Å². The van der Waals surface area contributed by atoms with Crippen LogP contribution in [0.1, 0.15) is 10.4 Å². The summed E-state index contributed by atoms with van der Waals surface area (Å²) in [5.74, 6) is -3.22. The van der Waals surface area contributed by atoms with Gasteiger partial charge < -0.3 is 4.74 Å². The number of fused-ring (bicyclic) bond motifs is 3. The van der Waals surface area contributed by atoms with Crippen LogP contribution in [-0.4, -0.2) is 52.9 Å². The van der Waals surface area contributed by atoms with Gasteiger partial charge in [0.2, 0.25) is 11.8 Å². The van der Waals surface area contributed by atoms with Crippen molar-refractivity contribution < 1.29 is 24.0 Å². The van der Waals surface area contributed by atoms with Crippen LogP contribution in [0, 0.1) is 22.0 Å². The number of benzene rings is 2. The quantitative estimate of drug-likeness (QED) is 0.299. The summed E-state index contributed by atoms with van der Waals surface area (Å²) in [5.41, 5.74) is 0.0966. The van der Waals surface area contributed by atoms with Crippen LogP contribution in [0.4, 0.5) is 11.4 Å². The monoisotopic (exact) mass is 446 g/mol. The molecule has 0 radical (unpaired) electrons. The van der Waals surface area contributed by atoms with E-state index in [1.54, 1.807) is 42.5 Å². The van der Waals surface area contributed by atoms with Crippen molar-refractivity contribution in [3.05, 3.63) is 76.4 Å². The van der Waals surface area contributed by atoms with Gasteiger partial charge in [-0.3, -0.25) is 29.5 Å². The van der Waals surface area contributed by atoms with E-state index in [1.165, 1.54) is 30.5 Å². The fourth-order valence-corrected chi connectivity index (χ4v) is 4.81. The third kappa shape index (κ3) is 3.02. The summed E-state index contributed by atoms with van der Waals surface area (Å²) >= 11 is 0. The van der Waals surface area contributed by atoms with Gasteiger partial charge in [0.25, 0.3) is 5.69 Å². The Hall–Kier alpha value is -4.34. The minimum Gasteiger partial charge on any atom is -0.495 e. The Morgan fingerprint density at radius 3 is 2.52 bits per heavy atom. The number of nitrogens with zero attached hydrogens (tertiary/aromatic N) is 4. The Bertz CT molecular complexity index is 1240. The zero-order chi connectivity index (χ0) is 23.3. The summed E-state index contributed by atoms with van der Waals surface area (Å²) in [5, 5.41) is 17.1. The SMILES string of the molecule is COc1ccc([N+](=O)[O-])cc1N1C(=O)[C@@H]2[C@H](C1=O)[C@H](C(=O)c1ccccc1)N1N=CC=C[C@H]21. The van der Waals surface area contributed by atoms with Crippen molar-refractivity contribution in [1.82, 2.24) is 5.01 Å². The molecule has 166 valence electrons. The van der Waals surface area contributed by atoms with E-state index in [-0.39, 0.29) is 22.9 Å². The normalized spacial score (nSPS) is 25.2. The second kappa shape index (κ2) is 7.66. The fraction of sp³-hybridized carbons (Fsp3) is 0.217. The maximum absolute atomic E-state index is 13.7. The highest BCUT2D eigenvalue weighted by molar-refractivity contribution is 6.25. The number of anilines is 1. The minimum atomic E-state index is -1.00. The first-order valence-electron chi connectivity index (χ1n) is 10.2. The van der Waals surface area contributed by atoms with Crippen LogP contribution in [0.25, 0.3) is 0 Å². The highest BCUT2D eigenvalue weighted by atomic mass is 16.6. The number of nitro benzene ring substituents is 1. The van der Waals surface area contributed by atoms with Crippen molar-refractivity contribution in [1.29, 1.82) is 0 Å². The van der Waals surface area contributed by atoms with Crippen molar-refractivity contribution in [2.45, 2.75) is 12.1 Å². The molecule has 2 aromatic carbocycles. The lowest BCUT2D eigenvalue weighted by molar-refractivity contribution is -0.384. The molecule has 3 aliphatic heterocycles. The molecule has 2 aromatic rings. The fourth-order valence-electron chi connectivity index (χ4n) is 4.81. The number of methoxy groups -OCH3 is 1. The van der Waals surface area contributed by atoms with Crippen molar-refractivity contribution in [3.63, 3.8) is 0 Å². The molecule has 3 aliphatic rings. The van der Waals surface area contributed by atoms with E-state index in [0.717, 1.165) is 11.0 Å². The number of ether oxygens (including phenoxy) is 1. The highest BCUT2D eigenvalue weighted by Gasteiger charge is 2.64. The van der Waals surface area contributed by atoms with Gasteiger partial charge in [0.05, 0.1) is 29.9 Å². The molecule has 33 heavy (non-hydrogen) atoms.